The number of benzene rings is 3. The minimum Gasteiger partial charge on any atom is -0.507 e. The van der Waals surface area contributed by atoms with Gasteiger partial charge in [-0.3, -0.25) is 19.2 Å². The number of carbonyl (C=O) groups excluding carboxylic acids is 3. The number of aliphatic hydroxyl groups is 3. The fourth-order valence-corrected chi connectivity index (χ4v) is 9.68. The molecule has 1 saturated heterocycles. The molecule has 19 heteroatoms. The lowest BCUT2D eigenvalue weighted by molar-refractivity contribution is -0.160. The maximum atomic E-state index is 14.9. The van der Waals surface area contributed by atoms with Crippen LogP contribution >= 0.6 is 0 Å². The van der Waals surface area contributed by atoms with Crippen LogP contribution in [0.15, 0.2) is 62.3 Å². The van der Waals surface area contributed by atoms with E-state index in [1.54, 1.807) is 52.8 Å². The largest absolute Gasteiger partial charge is 0.507 e. The van der Waals surface area contributed by atoms with Crippen LogP contribution in [0, 0.1) is 30.6 Å². The summed E-state index contributed by atoms with van der Waals surface area (Å²) in [5.41, 5.74) is -1.89. The molecule has 6 N–H and O–H groups in total. The van der Waals surface area contributed by atoms with Crippen molar-refractivity contribution < 1.29 is 62.9 Å². The molecule has 5 bridgehead atoms. The molecule has 19 nitrogen and oxygen atoms in total. The zero-order chi connectivity index (χ0) is 51.1. The van der Waals surface area contributed by atoms with Crippen molar-refractivity contribution in [3.8, 4) is 11.5 Å². The molecule has 0 spiro atoms. The highest BCUT2D eigenvalue weighted by Gasteiger charge is 2.44. The lowest BCUT2D eigenvalue weighted by atomic mass is 9.78. The van der Waals surface area contributed by atoms with Crippen LogP contribution in [0.4, 0.5) is 16.2 Å². The number of ether oxygens (including phenoxy) is 5. The maximum Gasteiger partial charge on any atom is 0.407 e. The Kier molecular flexibility index (Phi) is 14.9. The number of rotatable bonds is 5. The van der Waals surface area contributed by atoms with Crippen LogP contribution in [0.1, 0.15) is 73.8 Å². The minimum atomic E-state index is -2.01. The molecule has 4 aromatic rings. The van der Waals surface area contributed by atoms with Gasteiger partial charge in [-0.05, 0) is 39.7 Å². The fraction of sp³-hybridized carbons (Fsp3) is 0.490. The zero-order valence-corrected chi connectivity index (χ0v) is 40.9. The normalized spacial score (nSPS) is 28.7. The highest BCUT2D eigenvalue weighted by molar-refractivity contribution is 6.17. The molecule has 376 valence electrons. The third kappa shape index (κ3) is 9.61. The third-order valence-corrected chi connectivity index (χ3v) is 13.9. The highest BCUT2D eigenvalue weighted by Crippen LogP contribution is 2.42. The van der Waals surface area contributed by atoms with Crippen LogP contribution in [0.25, 0.3) is 38.7 Å². The summed E-state index contributed by atoms with van der Waals surface area (Å²) in [4.78, 5) is 74.3. The van der Waals surface area contributed by atoms with Gasteiger partial charge in [-0.2, -0.15) is 0 Å². The lowest BCUT2D eigenvalue weighted by Gasteiger charge is -2.38. The van der Waals surface area contributed by atoms with E-state index < -0.39 is 99.9 Å². The molecule has 3 aliphatic heterocycles. The van der Waals surface area contributed by atoms with Crippen LogP contribution in [0.2, 0.25) is 0 Å². The summed E-state index contributed by atoms with van der Waals surface area (Å²) < 4.78 is 35.5. The van der Waals surface area contributed by atoms with E-state index in [-0.39, 0.29) is 67.7 Å². The van der Waals surface area contributed by atoms with Gasteiger partial charge in [-0.15, -0.1) is 0 Å². The van der Waals surface area contributed by atoms with E-state index >= 15 is 0 Å². The van der Waals surface area contributed by atoms with Crippen molar-refractivity contribution in [2.75, 3.05) is 37.0 Å². The monoisotopic (exact) mass is 970 g/mol. The van der Waals surface area contributed by atoms with Gasteiger partial charge in [0.1, 0.15) is 28.8 Å². The number of hydrogen-bond acceptors (Lipinski definition) is 17. The number of esters is 1. The second kappa shape index (κ2) is 20.3. The molecule has 2 amide bonds. The molecule has 9 atom stereocenters. The number of aromatic nitrogens is 1. The van der Waals surface area contributed by atoms with Crippen molar-refractivity contribution in [2.45, 2.75) is 111 Å². The van der Waals surface area contributed by atoms with Gasteiger partial charge in [0.25, 0.3) is 5.91 Å². The average molecular weight is 971 g/mol. The molecule has 0 unspecified atom stereocenters. The molecule has 0 aliphatic carbocycles. The van der Waals surface area contributed by atoms with Crippen molar-refractivity contribution in [1.29, 1.82) is 0 Å². The van der Waals surface area contributed by atoms with E-state index in [1.807, 2.05) is 4.90 Å². The number of anilines is 2. The first-order chi connectivity index (χ1) is 33.1. The average Bonchev–Trinajstić information content (AvgIpc) is 3.59. The van der Waals surface area contributed by atoms with Gasteiger partial charge in [0, 0.05) is 98.1 Å². The number of hydrogen-bond donors (Lipinski definition) is 6. The zero-order valence-electron chi connectivity index (χ0n) is 40.9. The number of fused-ring (bicyclic) bond motifs is 5. The third-order valence-electron chi connectivity index (χ3n) is 13.9. The Morgan fingerprint density at radius 2 is 1.67 bits per heavy atom. The summed E-state index contributed by atoms with van der Waals surface area (Å²) >= 11 is 0. The summed E-state index contributed by atoms with van der Waals surface area (Å²) in [5.74, 6) is -7.15. The Morgan fingerprint density at radius 1 is 0.971 bits per heavy atom. The van der Waals surface area contributed by atoms with E-state index in [1.165, 1.54) is 59.3 Å². The fourth-order valence-electron chi connectivity index (χ4n) is 9.68. The van der Waals surface area contributed by atoms with Gasteiger partial charge in [0.15, 0.2) is 22.4 Å². The molecule has 0 radical (unpaired) electrons. The smallest absolute Gasteiger partial charge is 0.407 e. The molecular formula is C51H62N4O15. The van der Waals surface area contributed by atoms with Gasteiger partial charge in [-0.1, -0.05) is 45.9 Å². The SMILES string of the molecule is CCOC(=O)NC1CCN(c2cc(=O)c3nc4c(oc3c2)c2c(=O)c3c(O)c(C)c5c(c34)=C(O)[C@@](C)(O/C=C/[C@H](OC)[C@@H](C)[C@@H](OC(C)=O)[C@H](C)[C@H](O)[C@H](C)[C@@H](O)[C@@H](C)/C=C/C=C(/C)C(=O)N2)O5)CC1. The Morgan fingerprint density at radius 3 is 2.33 bits per heavy atom. The Hall–Kier alpha value is -6.70. The van der Waals surface area contributed by atoms with Crippen molar-refractivity contribution in [3.63, 3.8) is 0 Å². The lowest BCUT2D eigenvalue weighted by Crippen LogP contribution is -2.46. The molecule has 3 aromatic carbocycles. The second-order valence-electron chi connectivity index (χ2n) is 18.7. The number of nitrogens with zero attached hydrogens (tertiary/aromatic N) is 2. The Labute approximate surface area is 403 Å². The minimum absolute atomic E-state index is 0.0321. The van der Waals surface area contributed by atoms with E-state index in [4.69, 9.17) is 33.1 Å². The highest BCUT2D eigenvalue weighted by atomic mass is 16.7. The van der Waals surface area contributed by atoms with Crippen LogP contribution < -0.4 is 36.3 Å². The number of aliphatic hydroxyl groups excluding tert-OH is 3. The molecule has 3 aliphatic rings. The van der Waals surface area contributed by atoms with Gasteiger partial charge < -0.3 is 64.1 Å². The van der Waals surface area contributed by atoms with Crippen LogP contribution in [-0.2, 0) is 28.5 Å². The van der Waals surface area contributed by atoms with Crippen molar-refractivity contribution in [3.05, 3.63) is 79.5 Å². The number of phenolic OH excluding ortho intramolecular Hbond substituents is 1. The number of allylic oxidation sites excluding steroid dienone is 2. The van der Waals surface area contributed by atoms with E-state index in [0.29, 0.717) is 31.6 Å². The predicted octanol–water partition coefficient (Wildman–Crippen LogP) is 5.28. The first kappa shape index (κ1) is 51.2. The van der Waals surface area contributed by atoms with Crippen molar-refractivity contribution in [1.82, 2.24) is 10.3 Å². The summed E-state index contributed by atoms with van der Waals surface area (Å²) in [7, 11) is 1.43. The van der Waals surface area contributed by atoms with E-state index in [2.05, 4.69) is 10.6 Å². The van der Waals surface area contributed by atoms with Crippen molar-refractivity contribution >= 4 is 68.1 Å². The standard InChI is InChI=1S/C51H62N4O15/c1-11-66-50(64)52-30-15-18-55(19-16-30)31-21-32(57)38-34(22-31)69-47-39(53-38)35-36-43(60)28(7)46-37(35)48(62)51(9,70-46)67-20-17-33(65-10)25(4)45(68-29(8)56)27(6)42(59)26(5)41(58)23(2)13-12-14-24(3)49(63)54-40(47)44(36)61/h12-14,17,20-23,25-27,30,33,41-42,45,58-60,62H,11,15-16,18-19H2,1-10H3,(H,52,64)(H,54,63)/b13-12+,20-17+,24-14-/t23-,25+,26+,27+,33-,41-,42+,45+,51-/m0/s1. The molecule has 1 aromatic heterocycles. The number of nitrogens with one attached hydrogen (secondary N) is 2. The molecule has 7 rings (SSSR count). The maximum absolute atomic E-state index is 14.9. The summed E-state index contributed by atoms with van der Waals surface area (Å²) in [6, 6.07) is 2.85. The molecule has 0 saturated carbocycles. The number of piperidine rings is 1. The molecule has 70 heavy (non-hydrogen) atoms. The summed E-state index contributed by atoms with van der Waals surface area (Å²) in [6.45, 7) is 15.4. The van der Waals surface area contributed by atoms with E-state index in [0.717, 1.165) is 0 Å². The van der Waals surface area contributed by atoms with Gasteiger partial charge in [0.2, 0.25) is 10.9 Å². The number of amides is 2. The number of alkyl carbamates (subject to hydrolysis) is 1. The topological polar surface area (TPSA) is 266 Å². The Balaban J connectivity index is 1.43. The van der Waals surface area contributed by atoms with Crippen LogP contribution in [0.5, 0.6) is 11.5 Å². The number of methoxy groups -OCH3 is 1. The van der Waals surface area contributed by atoms with Gasteiger partial charge >= 0.3 is 17.8 Å². The molecular weight excluding hydrogens is 909 g/mol. The van der Waals surface area contributed by atoms with Crippen LogP contribution in [0.3, 0.4) is 0 Å². The summed E-state index contributed by atoms with van der Waals surface area (Å²) in [5, 5.41) is 52.0. The predicted molar refractivity (Wildman–Crippen MR) is 260 cm³/mol. The Bertz CT molecular complexity index is 2990. The van der Waals surface area contributed by atoms with Crippen molar-refractivity contribution in [2.24, 2.45) is 23.7 Å². The number of phenols is 1. The first-order valence-electron chi connectivity index (χ1n) is 23.4. The number of carbonyl (C=O) groups is 3. The quantitative estimate of drug-likeness (QED) is 0.0844. The van der Waals surface area contributed by atoms with E-state index in [9.17, 15) is 44.4 Å². The van der Waals surface area contributed by atoms with Crippen LogP contribution in [-0.4, -0.2) is 106 Å². The van der Waals surface area contributed by atoms with Gasteiger partial charge in [-0.25, -0.2) is 9.78 Å². The molecule has 4 heterocycles. The summed E-state index contributed by atoms with van der Waals surface area (Å²) in [6.07, 6.45) is 4.01. The second-order valence-corrected chi connectivity index (χ2v) is 18.7. The number of aromatic hydroxyl groups is 1. The first-order valence-corrected chi connectivity index (χ1v) is 23.4. The van der Waals surface area contributed by atoms with Gasteiger partial charge in [0.05, 0.1) is 41.8 Å². The molecule has 1 fully saturated rings.